The minimum atomic E-state index is -1.02. The maximum atomic E-state index is 10.5. The molecule has 0 spiro atoms. The molecule has 0 aliphatic carbocycles. The first kappa shape index (κ1) is 11.7. The van der Waals surface area contributed by atoms with Crippen molar-refractivity contribution >= 4 is 22.6 Å². The Morgan fingerprint density at radius 3 is 2.67 bits per heavy atom. The predicted octanol–water partition coefficient (Wildman–Crippen LogP) is 0.955. The van der Waals surface area contributed by atoms with Gasteiger partial charge in [-0.05, 0) is 5.92 Å². The van der Waals surface area contributed by atoms with Gasteiger partial charge in [0.1, 0.15) is 5.01 Å². The number of amides is 1. The van der Waals surface area contributed by atoms with E-state index in [4.69, 9.17) is 10.8 Å². The highest BCUT2D eigenvalue weighted by Gasteiger charge is 2.18. The highest BCUT2D eigenvalue weighted by molar-refractivity contribution is 7.15. The molecule has 0 aliphatic rings. The molecule has 0 saturated heterocycles. The van der Waals surface area contributed by atoms with E-state index in [2.05, 4.69) is 15.5 Å². The molecular formula is C8H14N4O2S. The summed E-state index contributed by atoms with van der Waals surface area (Å²) in [6.45, 7) is 3.90. The summed E-state index contributed by atoms with van der Waals surface area (Å²) < 4.78 is 0. The van der Waals surface area contributed by atoms with Gasteiger partial charge in [-0.15, -0.1) is 10.2 Å². The Kier molecular flexibility index (Phi) is 3.84. The minimum absolute atomic E-state index is 0.158. The lowest BCUT2D eigenvalue weighted by molar-refractivity contribution is 0.185. The number of nitrogens with two attached hydrogens (primary N) is 1. The van der Waals surface area contributed by atoms with E-state index >= 15 is 0 Å². The Hall–Kier alpha value is -1.37. The average molecular weight is 230 g/mol. The van der Waals surface area contributed by atoms with Gasteiger partial charge in [0.25, 0.3) is 0 Å². The molecule has 1 aromatic rings. The number of anilines is 1. The number of carbonyl (C=O) groups is 1. The van der Waals surface area contributed by atoms with Gasteiger partial charge in [0.05, 0.1) is 0 Å². The van der Waals surface area contributed by atoms with E-state index in [1.54, 1.807) is 0 Å². The summed E-state index contributed by atoms with van der Waals surface area (Å²) in [5, 5.41) is 19.8. The van der Waals surface area contributed by atoms with Crippen molar-refractivity contribution in [3.8, 4) is 0 Å². The summed E-state index contributed by atoms with van der Waals surface area (Å²) >= 11 is 1.28. The fraction of sp³-hybridized carbons (Fsp3) is 0.625. The minimum Gasteiger partial charge on any atom is -0.465 e. The highest BCUT2D eigenvalue weighted by atomic mass is 32.1. The SMILES string of the molecule is CC(C)[C@H](Cc1nnc(N)s1)NC(=O)O. The molecule has 15 heavy (non-hydrogen) atoms. The second kappa shape index (κ2) is 4.92. The summed E-state index contributed by atoms with van der Waals surface area (Å²) in [6.07, 6.45) is -0.495. The predicted molar refractivity (Wildman–Crippen MR) is 57.8 cm³/mol. The molecular weight excluding hydrogens is 216 g/mol. The summed E-state index contributed by atoms with van der Waals surface area (Å²) in [6, 6.07) is -0.158. The van der Waals surface area contributed by atoms with Crippen LogP contribution in [0.3, 0.4) is 0 Å². The van der Waals surface area contributed by atoms with Crippen molar-refractivity contribution in [2.24, 2.45) is 5.92 Å². The number of nitrogen functional groups attached to an aromatic ring is 1. The zero-order valence-corrected chi connectivity index (χ0v) is 9.41. The van der Waals surface area contributed by atoms with Gasteiger partial charge in [-0.1, -0.05) is 25.2 Å². The molecule has 6 nitrogen and oxygen atoms in total. The zero-order chi connectivity index (χ0) is 11.4. The average Bonchev–Trinajstić information content (AvgIpc) is 2.49. The normalized spacial score (nSPS) is 12.7. The quantitative estimate of drug-likeness (QED) is 0.715. The van der Waals surface area contributed by atoms with Crippen LogP contribution in [0.4, 0.5) is 9.93 Å². The molecule has 1 heterocycles. The van der Waals surface area contributed by atoms with E-state index in [9.17, 15) is 4.79 Å². The van der Waals surface area contributed by atoms with Gasteiger partial charge < -0.3 is 16.2 Å². The standard InChI is InChI=1S/C8H14N4O2S/c1-4(2)5(10-8(13)14)3-6-11-12-7(9)15-6/h4-5,10H,3H2,1-2H3,(H2,9,12)(H,13,14)/t5-/m0/s1. The van der Waals surface area contributed by atoms with E-state index < -0.39 is 6.09 Å². The number of aromatic nitrogens is 2. The van der Waals surface area contributed by atoms with Gasteiger partial charge in [-0.3, -0.25) is 0 Å². The molecule has 7 heteroatoms. The largest absolute Gasteiger partial charge is 0.465 e. The lowest BCUT2D eigenvalue weighted by Crippen LogP contribution is -2.39. The lowest BCUT2D eigenvalue weighted by Gasteiger charge is -2.18. The molecule has 0 saturated carbocycles. The van der Waals surface area contributed by atoms with Crippen LogP contribution >= 0.6 is 11.3 Å². The third-order valence-electron chi connectivity index (χ3n) is 1.99. The molecule has 84 valence electrons. The molecule has 0 aromatic carbocycles. The molecule has 4 N–H and O–H groups in total. The van der Waals surface area contributed by atoms with Gasteiger partial charge in [0.2, 0.25) is 5.13 Å². The monoisotopic (exact) mass is 230 g/mol. The van der Waals surface area contributed by atoms with Crippen LogP contribution in [-0.2, 0) is 6.42 Å². The fourth-order valence-electron chi connectivity index (χ4n) is 1.15. The molecule has 0 bridgehead atoms. The van der Waals surface area contributed by atoms with Crippen LogP contribution in [0.1, 0.15) is 18.9 Å². The van der Waals surface area contributed by atoms with Crippen molar-refractivity contribution in [2.75, 3.05) is 5.73 Å². The highest BCUT2D eigenvalue weighted by Crippen LogP contribution is 2.15. The van der Waals surface area contributed by atoms with E-state index in [1.165, 1.54) is 11.3 Å². The number of hydrogen-bond acceptors (Lipinski definition) is 5. The molecule has 1 aromatic heterocycles. The van der Waals surface area contributed by atoms with Crippen LogP contribution in [0.15, 0.2) is 0 Å². The number of nitrogens with zero attached hydrogens (tertiary/aromatic N) is 2. The van der Waals surface area contributed by atoms with Crippen molar-refractivity contribution in [1.29, 1.82) is 0 Å². The topological polar surface area (TPSA) is 101 Å². The smallest absolute Gasteiger partial charge is 0.404 e. The first-order chi connectivity index (χ1) is 6.99. The summed E-state index contributed by atoms with van der Waals surface area (Å²) in [7, 11) is 0. The van der Waals surface area contributed by atoms with Gasteiger partial charge in [0.15, 0.2) is 0 Å². The molecule has 0 fully saturated rings. The van der Waals surface area contributed by atoms with Crippen LogP contribution in [0, 0.1) is 5.92 Å². The first-order valence-electron chi connectivity index (χ1n) is 4.56. The maximum Gasteiger partial charge on any atom is 0.404 e. The molecule has 0 unspecified atom stereocenters. The Morgan fingerprint density at radius 1 is 1.60 bits per heavy atom. The summed E-state index contributed by atoms with van der Waals surface area (Å²) in [5.74, 6) is 0.200. The van der Waals surface area contributed by atoms with E-state index in [-0.39, 0.29) is 12.0 Å². The van der Waals surface area contributed by atoms with Crippen LogP contribution in [-0.4, -0.2) is 27.4 Å². The Bertz CT molecular complexity index is 339. The number of rotatable bonds is 4. The van der Waals surface area contributed by atoms with Crippen molar-refractivity contribution < 1.29 is 9.90 Å². The Balaban J connectivity index is 2.62. The maximum absolute atomic E-state index is 10.5. The summed E-state index contributed by atoms with van der Waals surface area (Å²) in [5.41, 5.74) is 5.44. The number of carboxylic acid groups (broad SMARTS) is 1. The summed E-state index contributed by atoms with van der Waals surface area (Å²) in [4.78, 5) is 10.5. The van der Waals surface area contributed by atoms with Crippen molar-refractivity contribution in [2.45, 2.75) is 26.3 Å². The van der Waals surface area contributed by atoms with Crippen LogP contribution in [0.2, 0.25) is 0 Å². The van der Waals surface area contributed by atoms with Gasteiger partial charge in [-0.25, -0.2) is 4.79 Å². The Morgan fingerprint density at radius 2 is 2.27 bits per heavy atom. The van der Waals surface area contributed by atoms with E-state index in [1.807, 2.05) is 13.8 Å². The van der Waals surface area contributed by atoms with Gasteiger partial charge >= 0.3 is 6.09 Å². The fourth-order valence-corrected chi connectivity index (χ4v) is 1.82. The number of hydrogen-bond donors (Lipinski definition) is 3. The van der Waals surface area contributed by atoms with Crippen LogP contribution in [0.5, 0.6) is 0 Å². The van der Waals surface area contributed by atoms with Crippen LogP contribution in [0.25, 0.3) is 0 Å². The number of nitrogens with one attached hydrogen (secondary N) is 1. The molecule has 0 radical (unpaired) electrons. The van der Waals surface area contributed by atoms with Crippen LogP contribution < -0.4 is 11.1 Å². The third kappa shape index (κ3) is 3.70. The third-order valence-corrected chi connectivity index (χ3v) is 2.77. The molecule has 0 aliphatic heterocycles. The first-order valence-corrected chi connectivity index (χ1v) is 5.38. The van der Waals surface area contributed by atoms with Crippen molar-refractivity contribution in [1.82, 2.24) is 15.5 Å². The van der Waals surface area contributed by atoms with E-state index in [0.29, 0.717) is 11.6 Å². The molecule has 1 amide bonds. The zero-order valence-electron chi connectivity index (χ0n) is 8.60. The molecule has 1 atom stereocenters. The van der Waals surface area contributed by atoms with Gasteiger partial charge in [0, 0.05) is 12.5 Å². The van der Waals surface area contributed by atoms with Crippen molar-refractivity contribution in [3.05, 3.63) is 5.01 Å². The second-order valence-corrected chi connectivity index (χ2v) is 4.63. The second-order valence-electron chi connectivity index (χ2n) is 3.54. The lowest BCUT2D eigenvalue weighted by atomic mass is 10.0. The molecule has 1 rings (SSSR count). The van der Waals surface area contributed by atoms with Crippen molar-refractivity contribution in [3.63, 3.8) is 0 Å². The Labute approximate surface area is 91.5 Å². The van der Waals surface area contributed by atoms with Gasteiger partial charge in [-0.2, -0.15) is 0 Å². The van der Waals surface area contributed by atoms with E-state index in [0.717, 1.165) is 5.01 Å².